The van der Waals surface area contributed by atoms with Crippen LogP contribution >= 0.6 is 15.9 Å². The molecule has 4 nitrogen and oxygen atoms in total. The fourth-order valence-corrected chi connectivity index (χ4v) is 2.82. The van der Waals surface area contributed by atoms with Crippen LogP contribution in [0.5, 0.6) is 0 Å². The van der Waals surface area contributed by atoms with E-state index in [-0.39, 0.29) is 12.3 Å². The van der Waals surface area contributed by atoms with Crippen molar-refractivity contribution in [1.29, 1.82) is 0 Å². The van der Waals surface area contributed by atoms with Crippen LogP contribution in [0.1, 0.15) is 18.9 Å². The molecule has 1 N–H and O–H groups in total. The first-order valence-corrected chi connectivity index (χ1v) is 7.50. The Morgan fingerprint density at radius 2 is 2.05 bits per heavy atom. The first-order valence-electron chi connectivity index (χ1n) is 6.71. The van der Waals surface area contributed by atoms with Crippen LogP contribution in [-0.4, -0.2) is 23.5 Å². The van der Waals surface area contributed by atoms with Gasteiger partial charge >= 0.3 is 5.97 Å². The monoisotopic (exact) mass is 349 g/mol. The third-order valence-corrected chi connectivity index (χ3v) is 4.14. The van der Waals surface area contributed by atoms with Crippen molar-refractivity contribution in [2.75, 3.05) is 6.61 Å². The number of carbonyl (C=O) groups excluding carboxylic acids is 1. The molecule has 0 spiro atoms. The van der Waals surface area contributed by atoms with E-state index in [2.05, 4.69) is 21.1 Å². The van der Waals surface area contributed by atoms with Crippen molar-refractivity contribution >= 4 is 38.4 Å². The fourth-order valence-electron chi connectivity index (χ4n) is 2.13. The molecule has 2 aromatic carbocycles. The summed E-state index contributed by atoms with van der Waals surface area (Å²) in [4.78, 5) is 11.6. The summed E-state index contributed by atoms with van der Waals surface area (Å²) in [7, 11) is 0. The summed E-state index contributed by atoms with van der Waals surface area (Å²) < 4.78 is 5.84. The van der Waals surface area contributed by atoms with Crippen LogP contribution in [0.25, 0.3) is 10.8 Å². The standard InChI is InChI=1S/C16H16BrNO3/c1-2-21-16(19)14(18-20)10-9-12-8-7-11-5-3-4-6-13(11)15(12)17/h3-8,20H,2,9-10H2,1H3/b18-14-. The van der Waals surface area contributed by atoms with Crippen molar-refractivity contribution in [2.45, 2.75) is 19.8 Å². The van der Waals surface area contributed by atoms with Gasteiger partial charge in [0.2, 0.25) is 0 Å². The van der Waals surface area contributed by atoms with Crippen LogP contribution in [0, 0.1) is 0 Å². The minimum Gasteiger partial charge on any atom is -0.461 e. The number of hydrogen-bond acceptors (Lipinski definition) is 4. The van der Waals surface area contributed by atoms with E-state index in [0.29, 0.717) is 12.8 Å². The number of oxime groups is 1. The van der Waals surface area contributed by atoms with Crippen molar-refractivity contribution in [2.24, 2.45) is 5.16 Å². The van der Waals surface area contributed by atoms with Crippen molar-refractivity contribution in [3.8, 4) is 0 Å². The molecule has 0 aliphatic carbocycles. The van der Waals surface area contributed by atoms with Crippen LogP contribution in [0.4, 0.5) is 0 Å². The highest BCUT2D eigenvalue weighted by Crippen LogP contribution is 2.28. The van der Waals surface area contributed by atoms with Crippen LogP contribution in [0.15, 0.2) is 46.0 Å². The van der Waals surface area contributed by atoms with E-state index >= 15 is 0 Å². The average Bonchev–Trinajstić information content (AvgIpc) is 2.50. The third kappa shape index (κ3) is 3.61. The van der Waals surface area contributed by atoms with Gasteiger partial charge in [0.25, 0.3) is 0 Å². The van der Waals surface area contributed by atoms with Gasteiger partial charge in [0.15, 0.2) is 5.71 Å². The molecule has 0 aliphatic rings. The average molecular weight is 350 g/mol. The lowest BCUT2D eigenvalue weighted by Gasteiger charge is -2.08. The predicted molar refractivity (Wildman–Crippen MR) is 85.8 cm³/mol. The molecule has 0 saturated heterocycles. The number of aryl methyl sites for hydroxylation is 1. The maximum atomic E-state index is 11.6. The summed E-state index contributed by atoms with van der Waals surface area (Å²) in [5.41, 5.74) is 1.09. The summed E-state index contributed by atoms with van der Waals surface area (Å²) in [6.07, 6.45) is 0.913. The smallest absolute Gasteiger partial charge is 0.356 e. The van der Waals surface area contributed by atoms with Crippen molar-refractivity contribution in [3.05, 3.63) is 46.4 Å². The summed E-state index contributed by atoms with van der Waals surface area (Å²) in [5.74, 6) is -0.572. The molecule has 0 saturated carbocycles. The van der Waals surface area contributed by atoms with Gasteiger partial charge in [-0.05, 0) is 45.6 Å². The molecular weight excluding hydrogens is 334 g/mol. The largest absolute Gasteiger partial charge is 0.461 e. The Morgan fingerprint density at radius 1 is 1.29 bits per heavy atom. The number of nitrogens with zero attached hydrogens (tertiary/aromatic N) is 1. The molecule has 110 valence electrons. The Balaban J connectivity index is 2.17. The topological polar surface area (TPSA) is 58.9 Å². The van der Waals surface area contributed by atoms with Gasteiger partial charge in [0, 0.05) is 10.9 Å². The van der Waals surface area contributed by atoms with E-state index in [1.807, 2.05) is 36.4 Å². The van der Waals surface area contributed by atoms with Crippen LogP contribution in [-0.2, 0) is 16.0 Å². The normalized spacial score (nSPS) is 11.6. The Bertz CT molecular complexity index is 682. The molecule has 0 fully saturated rings. The number of fused-ring (bicyclic) bond motifs is 1. The van der Waals surface area contributed by atoms with Crippen molar-refractivity contribution in [1.82, 2.24) is 0 Å². The summed E-state index contributed by atoms with van der Waals surface area (Å²) in [6.45, 7) is 1.98. The molecule has 0 aromatic heterocycles. The molecule has 0 bridgehead atoms. The first-order chi connectivity index (χ1) is 10.2. The van der Waals surface area contributed by atoms with E-state index in [1.54, 1.807) is 6.92 Å². The third-order valence-electron chi connectivity index (χ3n) is 3.21. The molecule has 0 amide bonds. The van der Waals surface area contributed by atoms with Gasteiger partial charge < -0.3 is 9.94 Å². The van der Waals surface area contributed by atoms with Gasteiger partial charge in [-0.3, -0.25) is 0 Å². The second kappa shape index (κ2) is 7.22. The van der Waals surface area contributed by atoms with Gasteiger partial charge in [0.1, 0.15) is 0 Å². The van der Waals surface area contributed by atoms with E-state index < -0.39 is 5.97 Å². The molecule has 0 radical (unpaired) electrons. The minimum atomic E-state index is -0.572. The lowest BCUT2D eigenvalue weighted by molar-refractivity contribution is -0.135. The highest BCUT2D eigenvalue weighted by atomic mass is 79.9. The van der Waals surface area contributed by atoms with Crippen molar-refractivity contribution < 1.29 is 14.7 Å². The number of carbonyl (C=O) groups is 1. The molecule has 0 aliphatic heterocycles. The number of ether oxygens (including phenoxy) is 1. The van der Waals surface area contributed by atoms with Crippen molar-refractivity contribution in [3.63, 3.8) is 0 Å². The second-order valence-corrected chi connectivity index (χ2v) is 5.32. The number of rotatable bonds is 5. The van der Waals surface area contributed by atoms with Gasteiger partial charge in [0.05, 0.1) is 6.61 Å². The van der Waals surface area contributed by atoms with E-state index in [9.17, 15) is 4.79 Å². The van der Waals surface area contributed by atoms with Gasteiger partial charge in [-0.1, -0.05) is 41.6 Å². The predicted octanol–water partition coefficient (Wildman–Crippen LogP) is 3.93. The highest BCUT2D eigenvalue weighted by molar-refractivity contribution is 9.10. The lowest BCUT2D eigenvalue weighted by Crippen LogP contribution is -2.18. The van der Waals surface area contributed by atoms with Crippen LogP contribution < -0.4 is 0 Å². The SMILES string of the molecule is CCOC(=O)/C(CCc1ccc2ccccc2c1Br)=N\O. The maximum absolute atomic E-state index is 11.6. The van der Waals surface area contributed by atoms with Crippen LogP contribution in [0.3, 0.4) is 0 Å². The lowest BCUT2D eigenvalue weighted by atomic mass is 10.0. The number of benzene rings is 2. The maximum Gasteiger partial charge on any atom is 0.356 e. The Hall–Kier alpha value is -1.88. The molecule has 0 atom stereocenters. The number of hydrogen-bond donors (Lipinski definition) is 1. The van der Waals surface area contributed by atoms with E-state index in [1.165, 1.54) is 0 Å². The zero-order chi connectivity index (χ0) is 15.2. The van der Waals surface area contributed by atoms with Crippen LogP contribution in [0.2, 0.25) is 0 Å². The number of esters is 1. The summed E-state index contributed by atoms with van der Waals surface area (Å²) >= 11 is 3.60. The van der Waals surface area contributed by atoms with Gasteiger partial charge in [-0.15, -0.1) is 0 Å². The Kier molecular flexibility index (Phi) is 5.33. The Labute approximate surface area is 131 Å². The molecule has 2 aromatic rings. The zero-order valence-corrected chi connectivity index (χ0v) is 13.3. The molecule has 21 heavy (non-hydrogen) atoms. The first kappa shape index (κ1) is 15.5. The van der Waals surface area contributed by atoms with Gasteiger partial charge in [-0.2, -0.15) is 0 Å². The Morgan fingerprint density at radius 3 is 2.76 bits per heavy atom. The van der Waals surface area contributed by atoms with Gasteiger partial charge in [-0.25, -0.2) is 4.79 Å². The van der Waals surface area contributed by atoms with E-state index in [0.717, 1.165) is 20.8 Å². The zero-order valence-electron chi connectivity index (χ0n) is 11.7. The summed E-state index contributed by atoms with van der Waals surface area (Å²) in [6, 6.07) is 12.1. The summed E-state index contributed by atoms with van der Waals surface area (Å²) in [5, 5.41) is 14.2. The molecule has 2 rings (SSSR count). The highest BCUT2D eigenvalue weighted by Gasteiger charge is 2.14. The minimum absolute atomic E-state index is 0.0388. The molecule has 5 heteroatoms. The number of halogens is 1. The van der Waals surface area contributed by atoms with E-state index in [4.69, 9.17) is 9.94 Å². The quantitative estimate of drug-likeness (QED) is 0.385. The molecule has 0 heterocycles. The second-order valence-electron chi connectivity index (χ2n) is 4.53. The molecule has 0 unspecified atom stereocenters. The molecular formula is C16H16BrNO3. The fraction of sp³-hybridized carbons (Fsp3) is 0.250.